The Bertz CT molecular complexity index is 297. The van der Waals surface area contributed by atoms with Gasteiger partial charge >= 0.3 is 0 Å². The Morgan fingerprint density at radius 2 is 2.15 bits per heavy atom. The van der Waals surface area contributed by atoms with Crippen molar-refractivity contribution in [2.45, 2.75) is 19.4 Å². The first-order chi connectivity index (χ1) is 6.07. The summed E-state index contributed by atoms with van der Waals surface area (Å²) in [5.74, 6) is 0. The lowest BCUT2D eigenvalue weighted by Gasteiger charge is -2.45. The van der Waals surface area contributed by atoms with E-state index in [9.17, 15) is 5.11 Å². The summed E-state index contributed by atoms with van der Waals surface area (Å²) in [4.78, 5) is 6.32. The number of rotatable bonds is 1. The van der Waals surface area contributed by atoms with Crippen molar-refractivity contribution < 1.29 is 5.11 Å². The third-order valence-electron chi connectivity index (χ3n) is 2.32. The van der Waals surface area contributed by atoms with Crippen LogP contribution >= 0.6 is 0 Å². The van der Waals surface area contributed by atoms with E-state index in [1.54, 1.807) is 0 Å². The van der Waals surface area contributed by atoms with Crippen LogP contribution in [0.15, 0.2) is 18.3 Å². The third kappa shape index (κ3) is 1.65. The van der Waals surface area contributed by atoms with E-state index in [4.69, 9.17) is 0 Å². The van der Waals surface area contributed by atoms with Crippen molar-refractivity contribution in [2.75, 3.05) is 18.0 Å². The van der Waals surface area contributed by atoms with Crippen LogP contribution in [-0.2, 0) is 0 Å². The van der Waals surface area contributed by atoms with Crippen molar-refractivity contribution in [1.29, 1.82) is 0 Å². The molecule has 0 saturated carbocycles. The van der Waals surface area contributed by atoms with Gasteiger partial charge in [0.15, 0.2) is 0 Å². The summed E-state index contributed by atoms with van der Waals surface area (Å²) in [7, 11) is 0. The third-order valence-corrected chi connectivity index (χ3v) is 2.32. The zero-order valence-corrected chi connectivity index (χ0v) is 7.99. The van der Waals surface area contributed by atoms with E-state index in [0.29, 0.717) is 13.1 Å². The molecule has 3 heteroatoms. The lowest BCUT2D eigenvalue weighted by atomic mass is 9.96. The highest BCUT2D eigenvalue weighted by Crippen LogP contribution is 2.26. The smallest absolute Gasteiger partial charge is 0.0967 e. The van der Waals surface area contributed by atoms with E-state index in [2.05, 4.69) is 9.88 Å². The van der Waals surface area contributed by atoms with Crippen LogP contribution in [0.4, 0.5) is 5.69 Å². The standard InChI is InChI=1S/C10H14N2O/c1-8-3-4-9(5-11-8)12-6-10(2,13)7-12/h3-5,13H,6-7H2,1-2H3. The number of aliphatic hydroxyl groups is 1. The molecule has 2 rings (SSSR count). The number of pyridine rings is 1. The molecule has 2 heterocycles. The van der Waals surface area contributed by atoms with E-state index in [1.165, 1.54) is 0 Å². The van der Waals surface area contributed by atoms with Crippen LogP contribution in [0.5, 0.6) is 0 Å². The average molecular weight is 178 g/mol. The number of nitrogens with zero attached hydrogens (tertiary/aromatic N) is 2. The van der Waals surface area contributed by atoms with E-state index in [0.717, 1.165) is 11.4 Å². The number of aromatic nitrogens is 1. The normalized spacial score (nSPS) is 19.8. The molecule has 1 aliphatic rings. The molecular weight excluding hydrogens is 164 g/mol. The SMILES string of the molecule is Cc1ccc(N2CC(C)(O)C2)cn1. The summed E-state index contributed by atoms with van der Waals surface area (Å²) >= 11 is 0. The summed E-state index contributed by atoms with van der Waals surface area (Å²) in [6, 6.07) is 4.03. The molecule has 1 N–H and O–H groups in total. The molecule has 1 aromatic heterocycles. The van der Waals surface area contributed by atoms with Crippen molar-refractivity contribution in [2.24, 2.45) is 0 Å². The summed E-state index contributed by atoms with van der Waals surface area (Å²) in [6.07, 6.45) is 1.85. The van der Waals surface area contributed by atoms with Gasteiger partial charge in [0.25, 0.3) is 0 Å². The first-order valence-corrected chi connectivity index (χ1v) is 4.47. The first-order valence-electron chi connectivity index (χ1n) is 4.47. The second-order valence-corrected chi connectivity index (χ2v) is 4.01. The van der Waals surface area contributed by atoms with Crippen molar-refractivity contribution in [3.8, 4) is 0 Å². The summed E-state index contributed by atoms with van der Waals surface area (Å²) in [5, 5.41) is 9.54. The molecule has 0 unspecified atom stereocenters. The first kappa shape index (κ1) is 8.51. The fourth-order valence-corrected chi connectivity index (χ4v) is 1.61. The van der Waals surface area contributed by atoms with Gasteiger partial charge < -0.3 is 10.0 Å². The number of hydrogen-bond donors (Lipinski definition) is 1. The number of β-amino-alcohol motifs (C(OH)–C–C–N with tert-alkyl or cyclic N) is 1. The fraction of sp³-hybridized carbons (Fsp3) is 0.500. The van der Waals surface area contributed by atoms with Gasteiger partial charge in [0.1, 0.15) is 0 Å². The van der Waals surface area contributed by atoms with Gasteiger partial charge in [0.2, 0.25) is 0 Å². The second kappa shape index (κ2) is 2.70. The molecular formula is C10H14N2O. The lowest BCUT2D eigenvalue weighted by Crippen LogP contribution is -2.60. The van der Waals surface area contributed by atoms with Gasteiger partial charge in [-0.15, -0.1) is 0 Å². The average Bonchev–Trinajstić information content (AvgIpc) is 2.01. The van der Waals surface area contributed by atoms with Gasteiger partial charge in [-0.3, -0.25) is 4.98 Å². The van der Waals surface area contributed by atoms with E-state index < -0.39 is 5.60 Å². The largest absolute Gasteiger partial charge is 0.386 e. The number of hydrogen-bond acceptors (Lipinski definition) is 3. The highest BCUT2D eigenvalue weighted by atomic mass is 16.3. The molecule has 0 aromatic carbocycles. The highest BCUT2D eigenvalue weighted by Gasteiger charge is 2.36. The maximum Gasteiger partial charge on any atom is 0.0967 e. The maximum absolute atomic E-state index is 9.54. The Morgan fingerprint density at radius 3 is 2.62 bits per heavy atom. The minimum atomic E-state index is -0.509. The summed E-state index contributed by atoms with van der Waals surface area (Å²) in [5.41, 5.74) is 1.61. The Morgan fingerprint density at radius 1 is 1.46 bits per heavy atom. The summed E-state index contributed by atoms with van der Waals surface area (Å²) < 4.78 is 0. The number of anilines is 1. The van der Waals surface area contributed by atoms with Crippen molar-refractivity contribution in [3.63, 3.8) is 0 Å². The Hall–Kier alpha value is -1.09. The molecule has 3 nitrogen and oxygen atoms in total. The van der Waals surface area contributed by atoms with Crippen LogP contribution in [0.2, 0.25) is 0 Å². The molecule has 1 aliphatic heterocycles. The van der Waals surface area contributed by atoms with Gasteiger partial charge in [-0.05, 0) is 26.0 Å². The van der Waals surface area contributed by atoms with Crippen LogP contribution in [0, 0.1) is 6.92 Å². The minimum Gasteiger partial charge on any atom is -0.386 e. The zero-order chi connectivity index (χ0) is 9.47. The van der Waals surface area contributed by atoms with Gasteiger partial charge in [-0.1, -0.05) is 0 Å². The molecule has 13 heavy (non-hydrogen) atoms. The molecule has 0 aliphatic carbocycles. The predicted octanol–water partition coefficient (Wildman–Crippen LogP) is 0.961. The number of aryl methyl sites for hydroxylation is 1. The van der Waals surface area contributed by atoms with Crippen LogP contribution in [-0.4, -0.2) is 28.8 Å². The van der Waals surface area contributed by atoms with E-state index in [1.807, 2.05) is 32.2 Å². The highest BCUT2D eigenvalue weighted by molar-refractivity contribution is 5.48. The van der Waals surface area contributed by atoms with Crippen LogP contribution < -0.4 is 4.90 Å². The van der Waals surface area contributed by atoms with Crippen LogP contribution in [0.25, 0.3) is 0 Å². The van der Waals surface area contributed by atoms with Gasteiger partial charge in [0, 0.05) is 18.8 Å². The Balaban J connectivity index is 2.08. The van der Waals surface area contributed by atoms with Crippen molar-refractivity contribution >= 4 is 5.69 Å². The molecule has 0 atom stereocenters. The maximum atomic E-state index is 9.54. The van der Waals surface area contributed by atoms with Crippen LogP contribution in [0.3, 0.4) is 0 Å². The van der Waals surface area contributed by atoms with Crippen LogP contribution in [0.1, 0.15) is 12.6 Å². The molecule has 1 saturated heterocycles. The topological polar surface area (TPSA) is 36.4 Å². The fourth-order valence-electron chi connectivity index (χ4n) is 1.61. The van der Waals surface area contributed by atoms with E-state index >= 15 is 0 Å². The lowest BCUT2D eigenvalue weighted by molar-refractivity contribution is 0.0310. The second-order valence-electron chi connectivity index (χ2n) is 4.01. The quantitative estimate of drug-likeness (QED) is 0.696. The molecule has 70 valence electrons. The van der Waals surface area contributed by atoms with E-state index in [-0.39, 0.29) is 0 Å². The Kier molecular flexibility index (Phi) is 1.77. The Labute approximate surface area is 78.0 Å². The predicted molar refractivity (Wildman–Crippen MR) is 51.8 cm³/mol. The van der Waals surface area contributed by atoms with Gasteiger partial charge in [-0.2, -0.15) is 0 Å². The molecule has 1 aromatic rings. The summed E-state index contributed by atoms with van der Waals surface area (Å²) in [6.45, 7) is 5.23. The molecule has 1 fully saturated rings. The zero-order valence-electron chi connectivity index (χ0n) is 7.99. The molecule has 0 spiro atoms. The minimum absolute atomic E-state index is 0.509. The molecule has 0 amide bonds. The van der Waals surface area contributed by atoms with Gasteiger partial charge in [0.05, 0.1) is 17.5 Å². The molecule has 0 bridgehead atoms. The van der Waals surface area contributed by atoms with Crippen molar-refractivity contribution in [3.05, 3.63) is 24.0 Å². The van der Waals surface area contributed by atoms with Crippen molar-refractivity contribution in [1.82, 2.24) is 4.98 Å². The molecule has 0 radical (unpaired) electrons. The monoisotopic (exact) mass is 178 g/mol. The van der Waals surface area contributed by atoms with Gasteiger partial charge in [-0.25, -0.2) is 0 Å².